The molecule has 2 rings (SSSR count). The van der Waals surface area contributed by atoms with Crippen LogP contribution in [0.5, 0.6) is 0 Å². The fourth-order valence-electron chi connectivity index (χ4n) is 2.42. The van der Waals surface area contributed by atoms with E-state index in [2.05, 4.69) is 24.1 Å². The van der Waals surface area contributed by atoms with Gasteiger partial charge >= 0.3 is 0 Å². The van der Waals surface area contributed by atoms with Crippen LogP contribution in [0.2, 0.25) is 0 Å². The van der Waals surface area contributed by atoms with Crippen LogP contribution >= 0.6 is 0 Å². The number of likely N-dealkylation sites (N-methyl/N-ethyl adjacent to an activating group) is 1. The zero-order valence-corrected chi connectivity index (χ0v) is 17.7. The normalized spacial score (nSPS) is 10.7. The van der Waals surface area contributed by atoms with E-state index in [-0.39, 0.29) is 23.7 Å². The monoisotopic (exact) mass is 398 g/mol. The number of carboxylic acid groups (broad SMARTS) is 1. The van der Waals surface area contributed by atoms with Crippen LogP contribution < -0.4 is 5.32 Å². The predicted molar refractivity (Wildman–Crippen MR) is 115 cm³/mol. The molecule has 0 aliphatic heterocycles. The Hall–Kier alpha value is -2.99. The second-order valence-electron chi connectivity index (χ2n) is 7.43. The van der Waals surface area contributed by atoms with Crippen molar-refractivity contribution in [2.24, 2.45) is 0 Å². The number of nitrogens with one attached hydrogen (secondary N) is 1. The van der Waals surface area contributed by atoms with E-state index in [0.717, 1.165) is 16.7 Å². The molecular formula is C23H30N2O4. The first-order valence-electron chi connectivity index (χ1n) is 9.43. The summed E-state index contributed by atoms with van der Waals surface area (Å²) in [6.45, 7) is 6.36. The summed E-state index contributed by atoms with van der Waals surface area (Å²) in [6, 6.07) is 15.1. The van der Waals surface area contributed by atoms with E-state index in [1.807, 2.05) is 69.6 Å². The molecule has 2 N–H and O–H groups in total. The van der Waals surface area contributed by atoms with E-state index in [1.165, 1.54) is 0 Å². The maximum Gasteiger partial charge on any atom is 0.290 e. The third-order valence-electron chi connectivity index (χ3n) is 4.90. The molecule has 2 aromatic carbocycles. The summed E-state index contributed by atoms with van der Waals surface area (Å²) < 4.78 is 0. The number of hydrogen-bond acceptors (Lipinski definition) is 4. The highest BCUT2D eigenvalue weighted by atomic mass is 16.3. The first-order valence-corrected chi connectivity index (χ1v) is 9.43. The molecule has 0 fully saturated rings. The molecule has 0 radical (unpaired) electrons. The van der Waals surface area contributed by atoms with Gasteiger partial charge in [0.1, 0.15) is 0 Å². The minimum atomic E-state index is -0.250. The Kier molecular flexibility index (Phi) is 9.22. The van der Waals surface area contributed by atoms with Crippen molar-refractivity contribution in [2.45, 2.75) is 32.7 Å². The van der Waals surface area contributed by atoms with Crippen LogP contribution in [0.3, 0.4) is 0 Å². The fourth-order valence-corrected chi connectivity index (χ4v) is 2.42. The van der Waals surface area contributed by atoms with Crippen LogP contribution in [-0.2, 0) is 4.79 Å². The number of benzene rings is 2. The lowest BCUT2D eigenvalue weighted by Gasteiger charge is -2.32. The zero-order valence-electron chi connectivity index (χ0n) is 17.7. The summed E-state index contributed by atoms with van der Waals surface area (Å²) in [5, 5.41) is 9.88. The van der Waals surface area contributed by atoms with Crippen molar-refractivity contribution >= 4 is 18.2 Å². The molecule has 1 amide bonds. The molecule has 0 bridgehead atoms. The maximum atomic E-state index is 12.3. The smallest absolute Gasteiger partial charge is 0.290 e. The van der Waals surface area contributed by atoms with Gasteiger partial charge in [0, 0.05) is 29.6 Å². The van der Waals surface area contributed by atoms with Gasteiger partial charge in [-0.1, -0.05) is 43.3 Å². The Labute approximate surface area is 172 Å². The summed E-state index contributed by atoms with van der Waals surface area (Å²) in [6.07, 6.45) is 0.508. The third kappa shape index (κ3) is 7.16. The van der Waals surface area contributed by atoms with Crippen molar-refractivity contribution in [1.29, 1.82) is 0 Å². The molecule has 0 aromatic heterocycles. The van der Waals surface area contributed by atoms with E-state index in [9.17, 15) is 9.59 Å². The molecule has 6 heteroatoms. The summed E-state index contributed by atoms with van der Waals surface area (Å²) >= 11 is 0. The van der Waals surface area contributed by atoms with Crippen molar-refractivity contribution < 1.29 is 19.5 Å². The second kappa shape index (κ2) is 11.1. The minimum Gasteiger partial charge on any atom is -0.483 e. The lowest BCUT2D eigenvalue weighted by atomic mass is 10.0. The van der Waals surface area contributed by atoms with Gasteiger partial charge in [0.05, 0.1) is 0 Å². The van der Waals surface area contributed by atoms with Gasteiger partial charge in [0.25, 0.3) is 12.4 Å². The molecular weight excluding hydrogens is 368 g/mol. The Balaban J connectivity index is 0.00000132. The maximum absolute atomic E-state index is 12.3. The van der Waals surface area contributed by atoms with Gasteiger partial charge in [-0.15, -0.1) is 0 Å². The van der Waals surface area contributed by atoms with Crippen LogP contribution in [0.4, 0.5) is 0 Å². The van der Waals surface area contributed by atoms with Crippen LogP contribution in [0, 0.1) is 0 Å². The van der Waals surface area contributed by atoms with E-state index < -0.39 is 0 Å². The quantitative estimate of drug-likeness (QED) is 0.548. The van der Waals surface area contributed by atoms with Crippen LogP contribution in [0.15, 0.2) is 48.5 Å². The van der Waals surface area contributed by atoms with E-state index >= 15 is 0 Å². The third-order valence-corrected chi connectivity index (χ3v) is 4.90. The first-order chi connectivity index (χ1) is 13.7. The Bertz CT molecular complexity index is 810. The molecule has 2 aromatic rings. The zero-order chi connectivity index (χ0) is 22.0. The number of Topliss-reactive ketones (excluding diaryl/α,β-unsaturated/α-hetero) is 1. The van der Waals surface area contributed by atoms with Crippen molar-refractivity contribution in [3.8, 4) is 11.1 Å². The van der Waals surface area contributed by atoms with Gasteiger partial charge in [0.2, 0.25) is 0 Å². The molecule has 0 saturated carbocycles. The number of nitrogens with zero attached hydrogens (tertiary/aromatic N) is 1. The van der Waals surface area contributed by atoms with E-state index in [1.54, 1.807) is 0 Å². The lowest BCUT2D eigenvalue weighted by molar-refractivity contribution is -0.122. The van der Waals surface area contributed by atoms with Gasteiger partial charge in [-0.05, 0) is 51.2 Å². The molecule has 0 aliphatic carbocycles. The molecule has 0 unspecified atom stereocenters. The van der Waals surface area contributed by atoms with Crippen LogP contribution in [0.25, 0.3) is 11.1 Å². The summed E-state index contributed by atoms with van der Waals surface area (Å²) in [5.41, 5.74) is 3.31. The van der Waals surface area contributed by atoms with Gasteiger partial charge in [-0.2, -0.15) is 0 Å². The highest BCUT2D eigenvalue weighted by Crippen LogP contribution is 2.21. The standard InChI is InChI=1S/C22H28N2O2.CH2O2/c1-6-20(25)18-11-7-16(8-12-18)17-9-13-19(14-10-17)21(26)23-15-22(2,3)24(4)5;2-1-3/h7-14H,6,15H2,1-5H3,(H,23,26);1H,(H,2,3). The van der Waals surface area contributed by atoms with Crippen LogP contribution in [0.1, 0.15) is 47.9 Å². The van der Waals surface area contributed by atoms with Crippen molar-refractivity contribution in [3.05, 3.63) is 59.7 Å². The first kappa shape index (κ1) is 24.0. The van der Waals surface area contributed by atoms with E-state index in [4.69, 9.17) is 9.90 Å². The number of carbonyl (C=O) groups is 3. The Morgan fingerprint density at radius 1 is 0.966 bits per heavy atom. The highest BCUT2D eigenvalue weighted by molar-refractivity contribution is 5.96. The number of amides is 1. The second-order valence-corrected chi connectivity index (χ2v) is 7.43. The molecule has 156 valence electrons. The molecule has 0 heterocycles. The van der Waals surface area contributed by atoms with Gasteiger partial charge in [-0.25, -0.2) is 0 Å². The van der Waals surface area contributed by atoms with Crippen molar-refractivity contribution in [1.82, 2.24) is 10.2 Å². The van der Waals surface area contributed by atoms with Gasteiger partial charge in [0.15, 0.2) is 5.78 Å². The summed E-state index contributed by atoms with van der Waals surface area (Å²) in [7, 11) is 4.00. The number of carbonyl (C=O) groups excluding carboxylic acids is 2. The lowest BCUT2D eigenvalue weighted by Crippen LogP contribution is -2.48. The van der Waals surface area contributed by atoms with Crippen molar-refractivity contribution in [3.63, 3.8) is 0 Å². The average molecular weight is 399 g/mol. The molecule has 6 nitrogen and oxygen atoms in total. The molecule has 0 saturated heterocycles. The Morgan fingerprint density at radius 3 is 1.76 bits per heavy atom. The minimum absolute atomic E-state index is 0.0737. The molecule has 0 spiro atoms. The fraction of sp³-hybridized carbons (Fsp3) is 0.348. The number of ketones is 1. The largest absolute Gasteiger partial charge is 0.483 e. The SMILES string of the molecule is CCC(=O)c1ccc(-c2ccc(C(=O)NCC(C)(C)N(C)C)cc2)cc1.O=CO. The average Bonchev–Trinajstić information content (AvgIpc) is 2.72. The van der Waals surface area contributed by atoms with E-state index in [0.29, 0.717) is 18.5 Å². The summed E-state index contributed by atoms with van der Waals surface area (Å²) in [5.74, 6) is 0.0691. The molecule has 29 heavy (non-hydrogen) atoms. The number of rotatable bonds is 7. The molecule has 0 atom stereocenters. The molecule has 0 aliphatic rings. The predicted octanol–water partition coefficient (Wildman–Crippen LogP) is 3.72. The number of hydrogen-bond donors (Lipinski definition) is 2. The van der Waals surface area contributed by atoms with Crippen molar-refractivity contribution in [2.75, 3.05) is 20.6 Å². The van der Waals surface area contributed by atoms with Gasteiger partial charge in [-0.3, -0.25) is 14.4 Å². The topological polar surface area (TPSA) is 86.7 Å². The van der Waals surface area contributed by atoms with Crippen LogP contribution in [-0.4, -0.2) is 54.3 Å². The highest BCUT2D eigenvalue weighted by Gasteiger charge is 2.21. The van der Waals surface area contributed by atoms with Gasteiger partial charge < -0.3 is 15.3 Å². The summed E-state index contributed by atoms with van der Waals surface area (Å²) in [4.78, 5) is 34.5. The Morgan fingerprint density at radius 2 is 1.38 bits per heavy atom.